The zero-order chi connectivity index (χ0) is 12.8. The van der Waals surface area contributed by atoms with Gasteiger partial charge < -0.3 is 5.11 Å². The number of hydrogen-bond acceptors (Lipinski definition) is 1. The molecule has 1 N–H and O–H groups in total. The molecule has 0 aliphatic heterocycles. The van der Waals surface area contributed by atoms with E-state index in [2.05, 4.69) is 0 Å². The summed E-state index contributed by atoms with van der Waals surface area (Å²) in [7, 11) is 0. The Kier molecular flexibility index (Phi) is 3.11. The molecule has 3 rings (SSSR count). The third-order valence-corrected chi connectivity index (χ3v) is 5.28. The fraction of sp³-hybridized carbons (Fsp3) is 0.600. The summed E-state index contributed by atoms with van der Waals surface area (Å²) in [4.78, 5) is 0. The predicted octanol–water partition coefficient (Wildman–Crippen LogP) is 3.82. The number of hydrogen-bond donors (Lipinski definition) is 1. The number of halogens is 2. The van der Waals surface area contributed by atoms with E-state index in [4.69, 9.17) is 11.6 Å². The summed E-state index contributed by atoms with van der Waals surface area (Å²) in [6.45, 7) is 0.167. The molecule has 3 unspecified atom stereocenters. The van der Waals surface area contributed by atoms with Gasteiger partial charge in [-0.25, -0.2) is 4.39 Å². The summed E-state index contributed by atoms with van der Waals surface area (Å²) < 4.78 is 14.0. The highest BCUT2D eigenvalue weighted by atomic mass is 35.5. The van der Waals surface area contributed by atoms with Crippen LogP contribution >= 0.6 is 11.6 Å². The number of aliphatic hydroxyl groups is 1. The molecule has 18 heavy (non-hydrogen) atoms. The van der Waals surface area contributed by atoms with Crippen molar-refractivity contribution in [3.05, 3.63) is 34.6 Å². The van der Waals surface area contributed by atoms with E-state index in [0.29, 0.717) is 17.9 Å². The molecule has 98 valence electrons. The molecule has 1 aromatic carbocycles. The molecule has 3 atom stereocenters. The van der Waals surface area contributed by atoms with Crippen molar-refractivity contribution in [3.8, 4) is 0 Å². The quantitative estimate of drug-likeness (QED) is 0.884. The molecule has 0 saturated heterocycles. The Morgan fingerprint density at radius 3 is 2.83 bits per heavy atom. The molecule has 0 radical (unpaired) electrons. The van der Waals surface area contributed by atoms with Gasteiger partial charge in [-0.15, -0.1) is 0 Å². The summed E-state index contributed by atoms with van der Waals surface area (Å²) in [5.41, 5.74) is 0.554. The first-order chi connectivity index (χ1) is 8.64. The molecule has 1 nitrogen and oxygen atoms in total. The van der Waals surface area contributed by atoms with Crippen molar-refractivity contribution in [2.24, 2.45) is 17.3 Å². The molecule has 2 bridgehead atoms. The average Bonchev–Trinajstić information content (AvgIpc) is 2.96. The minimum absolute atomic E-state index is 0.103. The van der Waals surface area contributed by atoms with Crippen LogP contribution in [0, 0.1) is 23.1 Å². The van der Waals surface area contributed by atoms with E-state index in [1.54, 1.807) is 18.2 Å². The van der Waals surface area contributed by atoms with E-state index < -0.39 is 0 Å². The molecule has 2 aliphatic rings. The fourth-order valence-electron chi connectivity index (χ4n) is 4.09. The van der Waals surface area contributed by atoms with Crippen molar-refractivity contribution in [3.63, 3.8) is 0 Å². The zero-order valence-electron chi connectivity index (χ0n) is 10.3. The van der Waals surface area contributed by atoms with Gasteiger partial charge in [-0.1, -0.05) is 30.2 Å². The Hall–Kier alpha value is -0.600. The molecule has 0 heterocycles. The zero-order valence-corrected chi connectivity index (χ0v) is 11.1. The van der Waals surface area contributed by atoms with Crippen LogP contribution in [0.4, 0.5) is 4.39 Å². The van der Waals surface area contributed by atoms with Crippen LogP contribution in [-0.2, 0) is 6.42 Å². The summed E-state index contributed by atoms with van der Waals surface area (Å²) in [5, 5.41) is 9.99. The van der Waals surface area contributed by atoms with Crippen molar-refractivity contribution in [1.82, 2.24) is 0 Å². The Morgan fingerprint density at radius 1 is 1.39 bits per heavy atom. The summed E-state index contributed by atoms with van der Waals surface area (Å²) >= 11 is 5.83. The first kappa shape index (κ1) is 12.4. The molecule has 2 saturated carbocycles. The van der Waals surface area contributed by atoms with Gasteiger partial charge in [0.15, 0.2) is 0 Å². The van der Waals surface area contributed by atoms with E-state index in [1.807, 2.05) is 0 Å². The third-order valence-electron chi connectivity index (χ3n) is 4.99. The minimum Gasteiger partial charge on any atom is -0.396 e. The molecular formula is C15H18ClFO. The average molecular weight is 269 g/mol. The van der Waals surface area contributed by atoms with Gasteiger partial charge in [0.05, 0.1) is 5.02 Å². The van der Waals surface area contributed by atoms with Gasteiger partial charge in [-0.3, -0.25) is 0 Å². The summed E-state index contributed by atoms with van der Waals surface area (Å²) in [5.74, 6) is 0.991. The molecule has 3 heteroatoms. The molecular weight excluding hydrogens is 251 g/mol. The standard InChI is InChI=1S/C15H18ClFO/c16-13-3-1-2-11(14(13)17)8-15(9-18)7-10-4-5-12(15)6-10/h1-3,10,12,18H,4-9H2. The highest BCUT2D eigenvalue weighted by molar-refractivity contribution is 6.30. The van der Waals surface area contributed by atoms with Crippen LogP contribution in [0.25, 0.3) is 0 Å². The lowest BCUT2D eigenvalue weighted by Crippen LogP contribution is -2.34. The van der Waals surface area contributed by atoms with E-state index in [-0.39, 0.29) is 22.9 Å². The summed E-state index contributed by atoms with van der Waals surface area (Å²) in [6.07, 6.45) is 5.35. The molecule has 0 spiro atoms. The van der Waals surface area contributed by atoms with Crippen LogP contribution in [0.3, 0.4) is 0 Å². The van der Waals surface area contributed by atoms with Gasteiger partial charge in [0.1, 0.15) is 5.82 Å². The van der Waals surface area contributed by atoms with Gasteiger partial charge in [-0.2, -0.15) is 0 Å². The lowest BCUT2D eigenvalue weighted by Gasteiger charge is -2.36. The normalized spacial score (nSPS) is 34.2. The van der Waals surface area contributed by atoms with Crippen LogP contribution < -0.4 is 0 Å². The second-order valence-electron chi connectivity index (χ2n) is 5.99. The predicted molar refractivity (Wildman–Crippen MR) is 70.1 cm³/mol. The van der Waals surface area contributed by atoms with Crippen LogP contribution in [0.15, 0.2) is 18.2 Å². The van der Waals surface area contributed by atoms with Crippen molar-refractivity contribution >= 4 is 11.6 Å². The monoisotopic (exact) mass is 268 g/mol. The largest absolute Gasteiger partial charge is 0.396 e. The highest BCUT2D eigenvalue weighted by Crippen LogP contribution is 2.57. The van der Waals surface area contributed by atoms with Crippen LogP contribution in [0.1, 0.15) is 31.2 Å². The Balaban J connectivity index is 1.88. The molecule has 2 aliphatic carbocycles. The van der Waals surface area contributed by atoms with Crippen molar-refractivity contribution in [1.29, 1.82) is 0 Å². The topological polar surface area (TPSA) is 20.2 Å². The van der Waals surface area contributed by atoms with Gasteiger partial charge in [0.25, 0.3) is 0 Å². The number of fused-ring (bicyclic) bond motifs is 2. The van der Waals surface area contributed by atoms with Gasteiger partial charge in [0, 0.05) is 12.0 Å². The first-order valence-electron chi connectivity index (χ1n) is 6.68. The van der Waals surface area contributed by atoms with E-state index in [0.717, 1.165) is 12.3 Å². The van der Waals surface area contributed by atoms with Gasteiger partial charge >= 0.3 is 0 Å². The van der Waals surface area contributed by atoms with Crippen molar-refractivity contribution in [2.45, 2.75) is 32.1 Å². The van der Waals surface area contributed by atoms with Crippen molar-refractivity contribution in [2.75, 3.05) is 6.61 Å². The minimum atomic E-state index is -0.310. The Morgan fingerprint density at radius 2 is 2.22 bits per heavy atom. The number of aliphatic hydroxyl groups excluding tert-OH is 1. The second-order valence-corrected chi connectivity index (χ2v) is 6.40. The molecule has 0 amide bonds. The highest BCUT2D eigenvalue weighted by Gasteiger charge is 2.50. The molecule has 2 fully saturated rings. The van der Waals surface area contributed by atoms with Gasteiger partial charge in [0.2, 0.25) is 0 Å². The maximum absolute atomic E-state index is 14.0. The smallest absolute Gasteiger partial charge is 0.144 e. The van der Waals surface area contributed by atoms with Crippen LogP contribution in [0.2, 0.25) is 5.02 Å². The molecule has 1 aromatic rings. The SMILES string of the molecule is OCC1(Cc2cccc(Cl)c2F)CC2CCC1C2. The third kappa shape index (κ3) is 1.86. The molecule has 0 aromatic heterocycles. The van der Waals surface area contributed by atoms with E-state index >= 15 is 0 Å². The van der Waals surface area contributed by atoms with Crippen molar-refractivity contribution < 1.29 is 9.50 Å². The lowest BCUT2D eigenvalue weighted by molar-refractivity contribution is 0.0643. The number of benzene rings is 1. The maximum Gasteiger partial charge on any atom is 0.144 e. The Bertz CT molecular complexity index is 462. The Labute approximate surface area is 112 Å². The summed E-state index contributed by atoms with van der Waals surface area (Å²) in [6, 6.07) is 5.16. The van der Waals surface area contributed by atoms with Crippen LogP contribution in [-0.4, -0.2) is 11.7 Å². The van der Waals surface area contributed by atoms with E-state index in [9.17, 15) is 9.50 Å². The van der Waals surface area contributed by atoms with Crippen LogP contribution in [0.5, 0.6) is 0 Å². The first-order valence-corrected chi connectivity index (χ1v) is 7.06. The van der Waals surface area contributed by atoms with Gasteiger partial charge in [-0.05, 0) is 49.1 Å². The maximum atomic E-state index is 14.0. The second kappa shape index (κ2) is 4.50. The number of rotatable bonds is 3. The fourth-order valence-corrected chi connectivity index (χ4v) is 4.28. The lowest BCUT2D eigenvalue weighted by atomic mass is 9.70. The van der Waals surface area contributed by atoms with E-state index in [1.165, 1.54) is 19.3 Å².